The first kappa shape index (κ1) is 18.7. The molecule has 1 aromatic rings. The van der Waals surface area contributed by atoms with E-state index in [-0.39, 0.29) is 0 Å². The highest BCUT2D eigenvalue weighted by atomic mass is 32.2. The highest BCUT2D eigenvalue weighted by molar-refractivity contribution is 7.86. The summed E-state index contributed by atoms with van der Waals surface area (Å²) in [6.45, 7) is 6.15. The Morgan fingerprint density at radius 1 is 1.00 bits per heavy atom. The maximum absolute atomic E-state index is 12.8. The van der Waals surface area contributed by atoms with Gasteiger partial charge in [0.25, 0.3) is 10.2 Å². The molecule has 0 unspecified atom stereocenters. The molecule has 0 radical (unpaired) electrons. The lowest BCUT2D eigenvalue weighted by Crippen LogP contribution is -2.45. The van der Waals surface area contributed by atoms with Gasteiger partial charge in [-0.15, -0.1) is 0 Å². The molecule has 140 valence electrons. The maximum atomic E-state index is 12.8. The quantitative estimate of drug-likeness (QED) is 0.805. The number of piperidine rings is 2. The van der Waals surface area contributed by atoms with Crippen molar-refractivity contribution in [3.63, 3.8) is 0 Å². The van der Waals surface area contributed by atoms with E-state index < -0.39 is 10.2 Å². The molecule has 5 nitrogen and oxygen atoms in total. The third-order valence-corrected chi connectivity index (χ3v) is 7.46. The minimum absolute atomic E-state index is 0.425. The van der Waals surface area contributed by atoms with Crippen LogP contribution in [0.15, 0.2) is 24.3 Å². The van der Waals surface area contributed by atoms with E-state index in [9.17, 15) is 8.42 Å². The highest BCUT2D eigenvalue weighted by Crippen LogP contribution is 2.23. The Morgan fingerprint density at radius 3 is 2.20 bits per heavy atom. The van der Waals surface area contributed by atoms with Crippen LogP contribution in [0.3, 0.4) is 0 Å². The van der Waals surface area contributed by atoms with Crippen molar-refractivity contribution in [1.29, 1.82) is 0 Å². The van der Waals surface area contributed by atoms with E-state index in [0.29, 0.717) is 25.6 Å². The van der Waals surface area contributed by atoms with Crippen LogP contribution in [0.1, 0.15) is 44.6 Å². The fourth-order valence-electron chi connectivity index (χ4n) is 3.72. The second-order valence-electron chi connectivity index (χ2n) is 7.56. The Morgan fingerprint density at radius 2 is 1.60 bits per heavy atom. The van der Waals surface area contributed by atoms with Crippen LogP contribution in [-0.2, 0) is 16.8 Å². The number of rotatable bonds is 5. The summed E-state index contributed by atoms with van der Waals surface area (Å²) in [4.78, 5) is 2.42. The molecule has 0 aromatic heterocycles. The van der Waals surface area contributed by atoms with Crippen molar-refractivity contribution in [2.75, 3.05) is 38.1 Å². The van der Waals surface area contributed by atoms with Crippen LogP contribution in [0.2, 0.25) is 0 Å². The van der Waals surface area contributed by atoms with Crippen molar-refractivity contribution in [3.05, 3.63) is 29.8 Å². The normalized spacial score (nSPS) is 21.0. The van der Waals surface area contributed by atoms with Crippen molar-refractivity contribution in [1.82, 2.24) is 8.61 Å². The summed E-state index contributed by atoms with van der Waals surface area (Å²) in [6, 6.07) is 8.38. The van der Waals surface area contributed by atoms with Gasteiger partial charge in [0.05, 0.1) is 0 Å². The lowest BCUT2D eigenvalue weighted by molar-refractivity contribution is 0.269. The van der Waals surface area contributed by atoms with Gasteiger partial charge in [0, 0.05) is 45.5 Å². The predicted molar refractivity (Wildman–Crippen MR) is 103 cm³/mol. The highest BCUT2D eigenvalue weighted by Gasteiger charge is 2.29. The van der Waals surface area contributed by atoms with Gasteiger partial charge >= 0.3 is 0 Å². The first-order chi connectivity index (χ1) is 12.0. The molecule has 2 heterocycles. The molecule has 6 heteroatoms. The molecule has 0 spiro atoms. The molecule has 2 saturated heterocycles. The molecule has 1 aromatic carbocycles. The number of anilines is 1. The van der Waals surface area contributed by atoms with E-state index in [1.807, 2.05) is 0 Å². The van der Waals surface area contributed by atoms with Crippen LogP contribution in [0.5, 0.6) is 0 Å². The second-order valence-corrected chi connectivity index (χ2v) is 9.59. The van der Waals surface area contributed by atoms with Gasteiger partial charge in [0.1, 0.15) is 0 Å². The first-order valence-corrected chi connectivity index (χ1v) is 10.9. The Kier molecular flexibility index (Phi) is 6.02. The van der Waals surface area contributed by atoms with E-state index in [4.69, 9.17) is 0 Å². The largest absolute Gasteiger partial charge is 0.372 e. The van der Waals surface area contributed by atoms with Crippen LogP contribution in [-0.4, -0.2) is 50.3 Å². The van der Waals surface area contributed by atoms with E-state index in [1.54, 1.807) is 11.4 Å². The molecular formula is C19H31N3O2S. The minimum Gasteiger partial charge on any atom is -0.372 e. The van der Waals surface area contributed by atoms with E-state index >= 15 is 0 Å². The smallest absolute Gasteiger partial charge is 0.282 e. The Balaban J connectivity index is 1.61. The molecule has 2 aliphatic rings. The van der Waals surface area contributed by atoms with Gasteiger partial charge in [-0.2, -0.15) is 17.0 Å². The summed E-state index contributed by atoms with van der Waals surface area (Å²) in [7, 11) is -1.67. The average molecular weight is 366 g/mol. The lowest BCUT2D eigenvalue weighted by atomic mass is 10.0. The van der Waals surface area contributed by atoms with Crippen molar-refractivity contribution >= 4 is 15.9 Å². The van der Waals surface area contributed by atoms with Gasteiger partial charge in [0.2, 0.25) is 0 Å². The van der Waals surface area contributed by atoms with Crippen molar-refractivity contribution < 1.29 is 8.42 Å². The molecule has 0 aliphatic carbocycles. The number of nitrogens with zero attached hydrogens (tertiary/aromatic N) is 3. The molecule has 2 fully saturated rings. The Bertz CT molecular complexity index is 646. The third kappa shape index (κ3) is 4.54. The molecule has 25 heavy (non-hydrogen) atoms. The van der Waals surface area contributed by atoms with Gasteiger partial charge in [0.15, 0.2) is 0 Å². The SMILES string of the molecule is CC1CCN(S(=O)(=O)N(C)Cc2ccc(N3CCCCC3)cc2)CC1. The van der Waals surface area contributed by atoms with Gasteiger partial charge in [-0.25, -0.2) is 0 Å². The molecule has 0 atom stereocenters. The fraction of sp³-hybridized carbons (Fsp3) is 0.684. The van der Waals surface area contributed by atoms with Crippen LogP contribution in [0, 0.1) is 5.92 Å². The summed E-state index contributed by atoms with van der Waals surface area (Å²) in [5.41, 5.74) is 2.29. The molecule has 3 rings (SSSR count). The fourth-order valence-corrected chi connectivity index (χ4v) is 5.09. The van der Waals surface area contributed by atoms with E-state index in [0.717, 1.165) is 31.5 Å². The molecule has 2 aliphatic heterocycles. The van der Waals surface area contributed by atoms with Crippen LogP contribution in [0.25, 0.3) is 0 Å². The predicted octanol–water partition coefficient (Wildman–Crippen LogP) is 3.09. The molecule has 0 amide bonds. The first-order valence-electron chi connectivity index (χ1n) is 9.52. The Labute approximate surface area is 152 Å². The Hall–Kier alpha value is -1.11. The van der Waals surface area contributed by atoms with Gasteiger partial charge in [-0.05, 0) is 55.7 Å². The monoisotopic (exact) mass is 365 g/mol. The van der Waals surface area contributed by atoms with Gasteiger partial charge < -0.3 is 4.90 Å². The minimum atomic E-state index is -3.36. The maximum Gasteiger partial charge on any atom is 0.282 e. The summed E-state index contributed by atoms with van der Waals surface area (Å²) < 4.78 is 28.6. The summed E-state index contributed by atoms with van der Waals surface area (Å²) in [6.07, 6.45) is 5.76. The standard InChI is InChI=1S/C19H31N3O2S/c1-17-10-14-22(15-11-17)25(23,24)20(2)16-18-6-8-19(9-7-18)21-12-4-3-5-13-21/h6-9,17H,3-5,10-16H2,1-2H3. The third-order valence-electron chi connectivity index (χ3n) is 5.53. The van der Waals surface area contributed by atoms with E-state index in [2.05, 4.69) is 36.1 Å². The van der Waals surface area contributed by atoms with Crippen molar-refractivity contribution in [3.8, 4) is 0 Å². The topological polar surface area (TPSA) is 43.9 Å². The molecule has 0 N–H and O–H groups in total. The van der Waals surface area contributed by atoms with Gasteiger partial charge in [-0.3, -0.25) is 0 Å². The van der Waals surface area contributed by atoms with Crippen molar-refractivity contribution in [2.45, 2.75) is 45.6 Å². The second kappa shape index (κ2) is 8.06. The van der Waals surface area contributed by atoms with Crippen molar-refractivity contribution in [2.24, 2.45) is 5.92 Å². The van der Waals surface area contributed by atoms with Crippen LogP contribution in [0.4, 0.5) is 5.69 Å². The zero-order chi connectivity index (χ0) is 17.9. The molecular weight excluding hydrogens is 334 g/mol. The average Bonchev–Trinajstić information content (AvgIpc) is 2.63. The number of benzene rings is 1. The van der Waals surface area contributed by atoms with Gasteiger partial charge in [-0.1, -0.05) is 19.1 Å². The van der Waals surface area contributed by atoms with Crippen LogP contribution < -0.4 is 4.90 Å². The lowest BCUT2D eigenvalue weighted by Gasteiger charge is -2.32. The summed E-state index contributed by atoms with van der Waals surface area (Å²) in [5.74, 6) is 0.624. The molecule has 0 bridgehead atoms. The summed E-state index contributed by atoms with van der Waals surface area (Å²) in [5, 5.41) is 0. The van der Waals surface area contributed by atoms with Crippen LogP contribution >= 0.6 is 0 Å². The zero-order valence-electron chi connectivity index (χ0n) is 15.5. The van der Waals surface area contributed by atoms with E-state index in [1.165, 1.54) is 29.3 Å². The number of hydrogen-bond donors (Lipinski definition) is 0. The molecule has 0 saturated carbocycles. The summed E-state index contributed by atoms with van der Waals surface area (Å²) >= 11 is 0. The number of hydrogen-bond acceptors (Lipinski definition) is 3. The zero-order valence-corrected chi connectivity index (χ0v) is 16.3.